The van der Waals surface area contributed by atoms with E-state index in [1.807, 2.05) is 6.92 Å². The normalized spacial score (nSPS) is 43.6. The molecule has 0 aliphatic carbocycles. The van der Waals surface area contributed by atoms with Crippen molar-refractivity contribution in [2.24, 2.45) is 4.99 Å². The molecule has 4 N–H and O–H groups in total. The summed E-state index contributed by atoms with van der Waals surface area (Å²) in [6.45, 7) is 4.29. The molecule has 7 heteroatoms. The van der Waals surface area contributed by atoms with Crippen molar-refractivity contribution in [3.8, 4) is 0 Å². The minimum Gasteiger partial charge on any atom is -0.391 e. The van der Waals surface area contributed by atoms with Crippen LogP contribution in [0.3, 0.4) is 0 Å². The summed E-state index contributed by atoms with van der Waals surface area (Å²) in [6, 6.07) is -0.379. The van der Waals surface area contributed by atoms with Gasteiger partial charge in [-0.25, -0.2) is 0 Å². The summed E-state index contributed by atoms with van der Waals surface area (Å²) >= 11 is 1.40. The Kier molecular flexibility index (Phi) is 4.50. The van der Waals surface area contributed by atoms with Crippen molar-refractivity contribution in [2.75, 3.05) is 6.54 Å². The number of aliphatic hydroxyl groups is 3. The number of hydrogen-bond acceptors (Lipinski definition) is 6. The Hall–Kier alpha value is -0.340. The maximum atomic E-state index is 10.0. The quantitative estimate of drug-likeness (QED) is 0.544. The lowest BCUT2D eigenvalue weighted by Gasteiger charge is -2.40. The number of ether oxygens (including phenoxy) is 1. The highest BCUT2D eigenvalue weighted by atomic mass is 32.2. The molecule has 18 heavy (non-hydrogen) atoms. The Morgan fingerprint density at radius 1 is 1.44 bits per heavy atom. The average molecular weight is 276 g/mol. The van der Waals surface area contributed by atoms with Crippen molar-refractivity contribution >= 4 is 16.9 Å². The van der Waals surface area contributed by atoms with Gasteiger partial charge in [-0.05, 0) is 13.3 Å². The fraction of sp³-hybridized carbons (Fsp3) is 0.909. The Bertz CT molecular complexity index is 326. The highest BCUT2D eigenvalue weighted by molar-refractivity contribution is 8.14. The largest absolute Gasteiger partial charge is 0.391 e. The molecule has 2 heterocycles. The van der Waals surface area contributed by atoms with Crippen molar-refractivity contribution < 1.29 is 20.1 Å². The zero-order valence-corrected chi connectivity index (χ0v) is 11.3. The summed E-state index contributed by atoms with van der Waals surface area (Å²) in [5.41, 5.74) is -0.321. The molecule has 104 valence electrons. The monoisotopic (exact) mass is 276 g/mol. The second-order valence-electron chi connectivity index (χ2n) is 4.67. The summed E-state index contributed by atoms with van der Waals surface area (Å²) in [6.07, 6.45) is -2.70. The zero-order chi connectivity index (χ0) is 13.3. The van der Waals surface area contributed by atoms with E-state index in [9.17, 15) is 15.3 Å². The number of amidine groups is 1. The fourth-order valence-corrected chi connectivity index (χ4v) is 3.27. The standard InChI is InChI=1S/C11H20N2O4S/c1-3-4-12-11-13-6-7(15)8(16)9(5(2)14)17-10(6)18-11/h5-10,14-16H,3-4H2,1-2H3,(H,12,13)/t5-,6+,7+,8-,9?,10?/m0/s1. The van der Waals surface area contributed by atoms with Crippen LogP contribution in [0.2, 0.25) is 0 Å². The molecular formula is C11H20N2O4S. The van der Waals surface area contributed by atoms with Crippen LogP contribution in [0.15, 0.2) is 4.99 Å². The topological polar surface area (TPSA) is 94.3 Å². The van der Waals surface area contributed by atoms with Crippen LogP contribution in [-0.4, -0.2) is 62.9 Å². The van der Waals surface area contributed by atoms with Gasteiger partial charge in [0.15, 0.2) is 5.17 Å². The van der Waals surface area contributed by atoms with Crippen LogP contribution in [0.25, 0.3) is 0 Å². The first-order chi connectivity index (χ1) is 8.54. The summed E-state index contributed by atoms with van der Waals surface area (Å²) < 4.78 is 5.62. The molecule has 6 atom stereocenters. The average Bonchev–Trinajstić information content (AvgIpc) is 2.74. The number of fused-ring (bicyclic) bond motifs is 1. The van der Waals surface area contributed by atoms with Gasteiger partial charge in [0.1, 0.15) is 23.7 Å². The lowest BCUT2D eigenvalue weighted by Crippen LogP contribution is -2.61. The third-order valence-electron chi connectivity index (χ3n) is 3.11. The number of hydrogen-bond donors (Lipinski definition) is 4. The molecule has 0 amide bonds. The lowest BCUT2D eigenvalue weighted by atomic mass is 9.95. The van der Waals surface area contributed by atoms with Crippen molar-refractivity contribution in [3.63, 3.8) is 0 Å². The van der Waals surface area contributed by atoms with Gasteiger partial charge >= 0.3 is 0 Å². The van der Waals surface area contributed by atoms with Crippen LogP contribution >= 0.6 is 11.8 Å². The first-order valence-electron chi connectivity index (χ1n) is 6.22. The molecule has 2 aliphatic rings. The fourth-order valence-electron chi connectivity index (χ4n) is 2.12. The van der Waals surface area contributed by atoms with Gasteiger partial charge < -0.3 is 25.4 Å². The molecule has 2 fully saturated rings. The number of rotatable bonds is 3. The van der Waals surface area contributed by atoms with Crippen LogP contribution < -0.4 is 5.32 Å². The minimum atomic E-state index is -1.09. The molecule has 2 rings (SSSR count). The third-order valence-corrected chi connectivity index (χ3v) is 4.22. The minimum absolute atomic E-state index is 0.321. The molecular weight excluding hydrogens is 256 g/mol. The van der Waals surface area contributed by atoms with Crippen LogP contribution in [0.1, 0.15) is 20.3 Å². The van der Waals surface area contributed by atoms with E-state index < -0.39 is 24.4 Å². The van der Waals surface area contributed by atoms with E-state index in [0.29, 0.717) is 6.54 Å². The zero-order valence-electron chi connectivity index (χ0n) is 10.5. The Balaban J connectivity index is 2.07. The Morgan fingerprint density at radius 3 is 2.78 bits per heavy atom. The Morgan fingerprint density at radius 2 is 2.17 bits per heavy atom. The van der Waals surface area contributed by atoms with Crippen molar-refractivity contribution in [1.29, 1.82) is 0 Å². The molecule has 0 aromatic heterocycles. The molecule has 2 saturated heterocycles. The smallest absolute Gasteiger partial charge is 0.159 e. The first kappa shape index (κ1) is 14.1. The predicted octanol–water partition coefficient (Wildman–Crippen LogP) is -0.715. The van der Waals surface area contributed by atoms with Gasteiger partial charge in [0.25, 0.3) is 0 Å². The summed E-state index contributed by atoms with van der Waals surface area (Å²) in [5, 5.41) is 33.3. The highest BCUT2D eigenvalue weighted by Gasteiger charge is 2.50. The number of thioether (sulfide) groups is 1. The molecule has 6 nitrogen and oxygen atoms in total. The number of aliphatic imine (C=N–C) groups is 1. The summed E-state index contributed by atoms with van der Waals surface area (Å²) in [4.78, 5) is 4.33. The van der Waals surface area contributed by atoms with Crippen molar-refractivity contribution in [1.82, 2.24) is 5.32 Å². The SMILES string of the molecule is CCCN=C1N[C@H]2C(OC([C@H](C)O)[C@@H](O)[C@@H]2O)S1. The van der Waals surface area contributed by atoms with Crippen LogP contribution in [0.5, 0.6) is 0 Å². The van der Waals surface area contributed by atoms with Crippen LogP contribution in [0.4, 0.5) is 0 Å². The van der Waals surface area contributed by atoms with Gasteiger partial charge in [0, 0.05) is 6.54 Å². The van der Waals surface area contributed by atoms with Gasteiger partial charge in [-0.3, -0.25) is 4.99 Å². The molecule has 0 saturated carbocycles. The van der Waals surface area contributed by atoms with Gasteiger partial charge in [-0.2, -0.15) is 0 Å². The molecule has 2 aliphatic heterocycles. The van der Waals surface area contributed by atoms with E-state index in [4.69, 9.17) is 4.74 Å². The summed E-state index contributed by atoms with van der Waals surface area (Å²) in [5.74, 6) is 0. The molecule has 0 radical (unpaired) electrons. The first-order valence-corrected chi connectivity index (χ1v) is 7.10. The molecule has 0 bridgehead atoms. The van der Waals surface area contributed by atoms with Gasteiger partial charge in [0.2, 0.25) is 0 Å². The predicted molar refractivity (Wildman–Crippen MR) is 69.5 cm³/mol. The number of nitrogens with zero attached hydrogens (tertiary/aromatic N) is 1. The number of aliphatic hydroxyl groups excluding tert-OH is 3. The molecule has 0 aromatic carbocycles. The molecule has 2 unspecified atom stereocenters. The van der Waals surface area contributed by atoms with E-state index in [1.54, 1.807) is 6.92 Å². The molecule has 0 aromatic rings. The van der Waals surface area contributed by atoms with Crippen LogP contribution in [0, 0.1) is 0 Å². The summed E-state index contributed by atoms with van der Waals surface area (Å²) in [7, 11) is 0. The second-order valence-corrected chi connectivity index (χ2v) is 5.75. The second kappa shape index (κ2) is 5.75. The Labute approximate surface area is 110 Å². The molecule has 0 spiro atoms. The van der Waals surface area contributed by atoms with Gasteiger partial charge in [0.05, 0.1) is 12.1 Å². The van der Waals surface area contributed by atoms with Crippen LogP contribution in [-0.2, 0) is 4.74 Å². The van der Waals surface area contributed by atoms with Crippen molar-refractivity contribution in [2.45, 2.75) is 56.2 Å². The lowest BCUT2D eigenvalue weighted by molar-refractivity contribution is -0.184. The number of nitrogens with one attached hydrogen (secondary N) is 1. The maximum absolute atomic E-state index is 10.0. The van der Waals surface area contributed by atoms with E-state index in [1.165, 1.54) is 11.8 Å². The highest BCUT2D eigenvalue weighted by Crippen LogP contribution is 2.34. The maximum Gasteiger partial charge on any atom is 0.159 e. The van der Waals surface area contributed by atoms with Crippen molar-refractivity contribution in [3.05, 3.63) is 0 Å². The van der Waals surface area contributed by atoms with E-state index >= 15 is 0 Å². The third kappa shape index (κ3) is 2.65. The van der Waals surface area contributed by atoms with E-state index in [2.05, 4.69) is 10.3 Å². The van der Waals surface area contributed by atoms with E-state index in [0.717, 1.165) is 11.6 Å². The van der Waals surface area contributed by atoms with E-state index in [-0.39, 0.29) is 11.5 Å². The van der Waals surface area contributed by atoms with Gasteiger partial charge in [-0.15, -0.1) is 0 Å². The van der Waals surface area contributed by atoms with Gasteiger partial charge in [-0.1, -0.05) is 18.7 Å².